The molecule has 0 rings (SSSR count). The van der Waals surface area contributed by atoms with Gasteiger partial charge in [0, 0.05) is 5.92 Å². The van der Waals surface area contributed by atoms with Crippen molar-refractivity contribution in [2.45, 2.75) is 39.5 Å². The molecule has 2 atom stereocenters. The van der Waals surface area contributed by atoms with Gasteiger partial charge in [-0.05, 0) is 17.4 Å². The summed E-state index contributed by atoms with van der Waals surface area (Å²) in [4.78, 5) is 8.66. The Kier molecular flexibility index (Phi) is 6.79. The molecule has 0 aliphatic carbocycles. The third kappa shape index (κ3) is 6.46. The maximum atomic E-state index is 10.5. The van der Waals surface area contributed by atoms with Gasteiger partial charge in [0.25, 0.3) is 0 Å². The molecule has 1 N–H and O–H groups in total. The third-order valence-electron chi connectivity index (χ3n) is 1.96. The molecule has 2 nitrogen and oxygen atoms in total. The Balaban J connectivity index is 3.49. The maximum absolute atomic E-state index is 10.5. The van der Waals surface area contributed by atoms with Gasteiger partial charge in [-0.15, -0.1) is 0 Å². The Morgan fingerprint density at radius 3 is 2.45 bits per heavy atom. The van der Waals surface area contributed by atoms with Crippen LogP contribution in [-0.2, 0) is 4.57 Å². The Bertz CT molecular complexity index is 115. The molecule has 66 valence electrons. The molecule has 3 heteroatoms. The lowest BCUT2D eigenvalue weighted by Crippen LogP contribution is -2.01. The highest BCUT2D eigenvalue weighted by Gasteiger charge is 2.18. The summed E-state index contributed by atoms with van der Waals surface area (Å²) >= 11 is 0. The van der Waals surface area contributed by atoms with E-state index in [0.29, 0.717) is 12.1 Å². The molecule has 0 radical (unpaired) electrons. The molecule has 0 aliphatic heterocycles. The van der Waals surface area contributed by atoms with Gasteiger partial charge in [0.15, 0.2) is 6.16 Å². The number of hydrogen-bond acceptors (Lipinski definition) is 1. The Morgan fingerprint density at radius 1 is 1.45 bits per heavy atom. The van der Waals surface area contributed by atoms with Crippen LogP contribution in [0.15, 0.2) is 0 Å². The molecule has 2 unspecified atom stereocenters. The minimum absolute atomic E-state index is 0.462. The minimum atomic E-state index is -1.91. The smallest absolute Gasteiger partial charge is 0.161 e. The van der Waals surface area contributed by atoms with Gasteiger partial charge >= 0.3 is 8.03 Å². The van der Waals surface area contributed by atoms with Gasteiger partial charge in [-0.2, -0.15) is 4.89 Å². The van der Waals surface area contributed by atoms with Crippen LogP contribution in [0, 0.1) is 5.92 Å². The lowest BCUT2D eigenvalue weighted by molar-refractivity contribution is 0.454. The molecule has 0 amide bonds. The van der Waals surface area contributed by atoms with Crippen molar-refractivity contribution in [3.63, 3.8) is 0 Å². The second-order valence-electron chi connectivity index (χ2n) is 2.95. The summed E-state index contributed by atoms with van der Waals surface area (Å²) in [6, 6.07) is 0. The molecule has 0 heterocycles. The van der Waals surface area contributed by atoms with Crippen molar-refractivity contribution in [2.24, 2.45) is 5.92 Å². The van der Waals surface area contributed by atoms with E-state index in [0.717, 1.165) is 12.8 Å². The van der Waals surface area contributed by atoms with Gasteiger partial charge in [-0.3, -0.25) is 0 Å². The van der Waals surface area contributed by atoms with E-state index in [2.05, 4.69) is 13.8 Å². The highest BCUT2D eigenvalue weighted by atomic mass is 31.1. The SMILES string of the molecule is CCCCC(CC)C[P+](=O)O. The first-order valence-corrected chi connectivity index (χ1v) is 5.74. The first-order chi connectivity index (χ1) is 5.20. The monoisotopic (exact) mass is 177 g/mol. The number of hydrogen-bond donors (Lipinski definition) is 1. The second kappa shape index (κ2) is 6.75. The van der Waals surface area contributed by atoms with Crippen LogP contribution in [0.1, 0.15) is 39.5 Å². The predicted octanol–water partition coefficient (Wildman–Crippen LogP) is 2.94. The van der Waals surface area contributed by atoms with Crippen LogP contribution >= 0.6 is 8.03 Å². The van der Waals surface area contributed by atoms with E-state index in [1.54, 1.807) is 0 Å². The summed E-state index contributed by atoms with van der Waals surface area (Å²) in [5.41, 5.74) is 0. The molecule has 0 aliphatic rings. The van der Waals surface area contributed by atoms with Crippen LogP contribution in [0.3, 0.4) is 0 Å². The summed E-state index contributed by atoms with van der Waals surface area (Å²) in [6.07, 6.45) is 4.99. The van der Waals surface area contributed by atoms with E-state index in [9.17, 15) is 4.57 Å². The van der Waals surface area contributed by atoms with E-state index in [-0.39, 0.29) is 0 Å². The Hall–Kier alpha value is 0.0600. The van der Waals surface area contributed by atoms with Crippen molar-refractivity contribution in [3.05, 3.63) is 0 Å². The molecule has 0 bridgehead atoms. The van der Waals surface area contributed by atoms with Gasteiger partial charge in [0.2, 0.25) is 0 Å². The molecule has 0 saturated heterocycles. The summed E-state index contributed by atoms with van der Waals surface area (Å²) in [6.45, 7) is 4.23. The predicted molar refractivity (Wildman–Crippen MR) is 48.0 cm³/mol. The van der Waals surface area contributed by atoms with Crippen LogP contribution in [0.4, 0.5) is 0 Å². The van der Waals surface area contributed by atoms with Crippen LogP contribution in [0.2, 0.25) is 0 Å². The molecule has 0 spiro atoms. The van der Waals surface area contributed by atoms with Crippen LogP contribution < -0.4 is 0 Å². The van der Waals surface area contributed by atoms with Gasteiger partial charge in [0.05, 0.1) is 0 Å². The van der Waals surface area contributed by atoms with Gasteiger partial charge in [0.1, 0.15) is 0 Å². The summed E-state index contributed by atoms with van der Waals surface area (Å²) < 4.78 is 10.5. The highest BCUT2D eigenvalue weighted by Crippen LogP contribution is 2.24. The van der Waals surface area contributed by atoms with Gasteiger partial charge in [-0.25, -0.2) is 0 Å². The average Bonchev–Trinajstić information content (AvgIpc) is 1.97. The first kappa shape index (κ1) is 11.1. The van der Waals surface area contributed by atoms with Crippen molar-refractivity contribution in [2.75, 3.05) is 6.16 Å². The maximum Gasteiger partial charge on any atom is 0.505 e. The lowest BCUT2D eigenvalue weighted by atomic mass is 10.0. The fourth-order valence-electron chi connectivity index (χ4n) is 1.14. The van der Waals surface area contributed by atoms with Gasteiger partial charge < -0.3 is 0 Å². The average molecular weight is 177 g/mol. The summed E-state index contributed by atoms with van der Waals surface area (Å²) in [7, 11) is -1.91. The fourth-order valence-corrected chi connectivity index (χ4v) is 2.02. The van der Waals surface area contributed by atoms with E-state index < -0.39 is 8.03 Å². The van der Waals surface area contributed by atoms with E-state index in [1.165, 1.54) is 12.8 Å². The Morgan fingerprint density at radius 2 is 2.09 bits per heavy atom. The van der Waals surface area contributed by atoms with Crippen molar-refractivity contribution in [1.82, 2.24) is 0 Å². The van der Waals surface area contributed by atoms with Crippen LogP contribution in [-0.4, -0.2) is 11.1 Å². The molecule has 11 heavy (non-hydrogen) atoms. The summed E-state index contributed by atoms with van der Waals surface area (Å²) in [5, 5.41) is 0. The van der Waals surface area contributed by atoms with Crippen molar-refractivity contribution in [3.8, 4) is 0 Å². The van der Waals surface area contributed by atoms with Crippen molar-refractivity contribution in [1.29, 1.82) is 0 Å². The Labute approximate surface area is 69.9 Å². The standard InChI is InChI=1S/C8H17O2P/c1-3-5-6-8(4-2)7-11(9)10/h8H,3-7H2,1-2H3/p+1. The zero-order chi connectivity index (χ0) is 8.69. The molecule has 0 aromatic heterocycles. The van der Waals surface area contributed by atoms with E-state index in [4.69, 9.17) is 4.89 Å². The molecule has 0 aromatic carbocycles. The normalized spacial score (nSPS) is 14.6. The van der Waals surface area contributed by atoms with Crippen molar-refractivity contribution < 1.29 is 9.46 Å². The highest BCUT2D eigenvalue weighted by molar-refractivity contribution is 7.38. The number of unbranched alkanes of at least 4 members (excludes halogenated alkanes) is 1. The molecule has 0 fully saturated rings. The largest absolute Gasteiger partial charge is 0.505 e. The van der Waals surface area contributed by atoms with Gasteiger partial charge in [-0.1, -0.05) is 26.7 Å². The zero-order valence-electron chi connectivity index (χ0n) is 7.42. The van der Waals surface area contributed by atoms with Crippen LogP contribution in [0.25, 0.3) is 0 Å². The topological polar surface area (TPSA) is 37.3 Å². The van der Waals surface area contributed by atoms with Crippen molar-refractivity contribution >= 4 is 8.03 Å². The fraction of sp³-hybridized carbons (Fsp3) is 1.00. The van der Waals surface area contributed by atoms with E-state index in [1.807, 2.05) is 0 Å². The first-order valence-electron chi connectivity index (χ1n) is 4.34. The minimum Gasteiger partial charge on any atom is -0.161 e. The van der Waals surface area contributed by atoms with Crippen LogP contribution in [0.5, 0.6) is 0 Å². The summed E-state index contributed by atoms with van der Waals surface area (Å²) in [5.74, 6) is 0.462. The third-order valence-corrected chi connectivity index (χ3v) is 2.79. The second-order valence-corrected chi connectivity index (χ2v) is 4.02. The number of rotatable bonds is 6. The van der Waals surface area contributed by atoms with E-state index >= 15 is 0 Å². The zero-order valence-corrected chi connectivity index (χ0v) is 8.31. The lowest BCUT2D eigenvalue weighted by Gasteiger charge is -2.05. The quantitative estimate of drug-likeness (QED) is 0.633. The molecule has 0 aromatic rings. The molecular weight excluding hydrogens is 159 g/mol. The molecular formula is C8H18O2P+. The molecule has 0 saturated carbocycles.